The molecule has 0 aliphatic heterocycles. The van der Waals surface area contributed by atoms with Crippen LogP contribution in [0.25, 0.3) is 11.1 Å². The molecule has 0 amide bonds. The lowest BCUT2D eigenvalue weighted by Gasteiger charge is -2.15. The maximum atomic E-state index is 12.3. The van der Waals surface area contributed by atoms with E-state index in [1.165, 1.54) is 0 Å². The van der Waals surface area contributed by atoms with Gasteiger partial charge in [-0.25, -0.2) is 4.68 Å². The third kappa shape index (κ3) is 4.27. The summed E-state index contributed by atoms with van der Waals surface area (Å²) in [5.74, 6) is 0.622. The topological polar surface area (TPSA) is 88.1 Å². The van der Waals surface area contributed by atoms with Gasteiger partial charge in [-0.2, -0.15) is 10.4 Å². The molecule has 3 rings (SSSR count). The van der Waals surface area contributed by atoms with Crippen LogP contribution in [0, 0.1) is 25.2 Å². The Labute approximate surface area is 163 Å². The fourth-order valence-electron chi connectivity index (χ4n) is 2.85. The van der Waals surface area contributed by atoms with Gasteiger partial charge in [0.15, 0.2) is 0 Å². The highest BCUT2D eigenvalue weighted by Crippen LogP contribution is 2.22. The van der Waals surface area contributed by atoms with E-state index >= 15 is 0 Å². The molecular weight excluding hydrogens is 354 g/mol. The van der Waals surface area contributed by atoms with Gasteiger partial charge < -0.3 is 9.84 Å². The lowest BCUT2D eigenvalue weighted by atomic mass is 10.1. The van der Waals surface area contributed by atoms with Gasteiger partial charge >= 0.3 is 0 Å². The summed E-state index contributed by atoms with van der Waals surface area (Å²) in [6.07, 6.45) is -0.937. The fourth-order valence-corrected chi connectivity index (χ4v) is 2.85. The summed E-state index contributed by atoms with van der Waals surface area (Å²) in [6, 6.07) is 19.5. The summed E-state index contributed by atoms with van der Waals surface area (Å²) in [5, 5.41) is 23.6. The quantitative estimate of drug-likeness (QED) is 0.716. The molecule has 0 fully saturated rings. The molecule has 3 aromatic rings. The zero-order valence-electron chi connectivity index (χ0n) is 15.8. The molecule has 6 heteroatoms. The second-order valence-corrected chi connectivity index (χ2v) is 6.54. The largest absolute Gasteiger partial charge is 0.491 e. The molecule has 0 radical (unpaired) electrons. The van der Waals surface area contributed by atoms with Crippen molar-refractivity contribution >= 4 is 0 Å². The average molecular weight is 375 g/mol. The summed E-state index contributed by atoms with van der Waals surface area (Å²) in [7, 11) is 0. The van der Waals surface area contributed by atoms with E-state index in [9.17, 15) is 9.90 Å². The molecule has 1 aromatic heterocycles. The van der Waals surface area contributed by atoms with Crippen molar-refractivity contribution < 1.29 is 9.84 Å². The molecule has 0 spiro atoms. The van der Waals surface area contributed by atoms with Crippen LogP contribution >= 0.6 is 0 Å². The van der Waals surface area contributed by atoms with E-state index in [0.29, 0.717) is 17.0 Å². The summed E-state index contributed by atoms with van der Waals surface area (Å²) < 4.78 is 6.74. The number of benzene rings is 2. The predicted molar refractivity (Wildman–Crippen MR) is 106 cm³/mol. The fraction of sp³-hybridized carbons (Fsp3) is 0.227. The first-order valence-corrected chi connectivity index (χ1v) is 8.94. The van der Waals surface area contributed by atoms with Crippen LogP contribution in [0.1, 0.15) is 16.8 Å². The molecule has 1 atom stereocenters. The summed E-state index contributed by atoms with van der Waals surface area (Å²) in [6.45, 7) is 3.37. The second kappa shape index (κ2) is 8.51. The van der Waals surface area contributed by atoms with Crippen LogP contribution in [-0.2, 0) is 6.54 Å². The lowest BCUT2D eigenvalue weighted by Crippen LogP contribution is -2.34. The minimum absolute atomic E-state index is 0.00755. The standard InChI is InChI=1S/C22H21N3O3/c1-15-16(2)24-25(22(27)21(15)12-23)13-19(26)14-28-20-10-8-18(9-11-20)17-6-4-3-5-7-17/h3-11,19,26H,13-14H2,1-2H3/t19-/m0/s1. The monoisotopic (exact) mass is 375 g/mol. The number of aliphatic hydroxyl groups excluding tert-OH is 1. The van der Waals surface area contributed by atoms with Crippen LogP contribution in [-0.4, -0.2) is 27.6 Å². The Kier molecular flexibility index (Phi) is 5.87. The first-order chi connectivity index (χ1) is 13.5. The maximum absolute atomic E-state index is 12.3. The van der Waals surface area contributed by atoms with Crippen molar-refractivity contribution in [2.75, 3.05) is 6.61 Å². The van der Waals surface area contributed by atoms with Crippen molar-refractivity contribution in [1.29, 1.82) is 5.26 Å². The molecule has 28 heavy (non-hydrogen) atoms. The first-order valence-electron chi connectivity index (χ1n) is 8.94. The predicted octanol–water partition coefficient (Wildman–Crippen LogP) is 2.84. The number of hydrogen-bond donors (Lipinski definition) is 1. The van der Waals surface area contributed by atoms with Crippen molar-refractivity contribution in [3.63, 3.8) is 0 Å². The molecule has 1 heterocycles. The van der Waals surface area contributed by atoms with Crippen LogP contribution in [0.5, 0.6) is 5.75 Å². The Morgan fingerprint density at radius 2 is 1.75 bits per heavy atom. The number of aliphatic hydroxyl groups is 1. The molecule has 0 bridgehead atoms. The van der Waals surface area contributed by atoms with Crippen molar-refractivity contribution in [1.82, 2.24) is 9.78 Å². The molecular formula is C22H21N3O3. The van der Waals surface area contributed by atoms with Crippen molar-refractivity contribution in [3.05, 3.63) is 81.8 Å². The number of rotatable bonds is 6. The van der Waals surface area contributed by atoms with Gasteiger partial charge in [-0.3, -0.25) is 4.79 Å². The molecule has 0 unspecified atom stereocenters. The van der Waals surface area contributed by atoms with Crippen molar-refractivity contribution in [3.8, 4) is 22.9 Å². The molecule has 1 N–H and O–H groups in total. The van der Waals surface area contributed by atoms with Crippen LogP contribution in [0.2, 0.25) is 0 Å². The Hall–Kier alpha value is -3.43. The summed E-state index contributed by atoms with van der Waals surface area (Å²) in [5.41, 5.74) is 2.88. The number of aromatic nitrogens is 2. The van der Waals surface area contributed by atoms with Gasteiger partial charge in [-0.05, 0) is 42.7 Å². The number of hydrogen-bond acceptors (Lipinski definition) is 5. The van der Waals surface area contributed by atoms with Gasteiger partial charge in [0.1, 0.15) is 30.1 Å². The van der Waals surface area contributed by atoms with Crippen LogP contribution in [0.3, 0.4) is 0 Å². The Morgan fingerprint density at radius 3 is 2.39 bits per heavy atom. The minimum atomic E-state index is -0.937. The van der Waals surface area contributed by atoms with Crippen LogP contribution in [0.4, 0.5) is 0 Å². The van der Waals surface area contributed by atoms with Crippen molar-refractivity contribution in [2.45, 2.75) is 26.5 Å². The van der Waals surface area contributed by atoms with E-state index in [-0.39, 0.29) is 18.7 Å². The summed E-state index contributed by atoms with van der Waals surface area (Å²) >= 11 is 0. The number of ether oxygens (including phenoxy) is 1. The van der Waals surface area contributed by atoms with Crippen molar-refractivity contribution in [2.24, 2.45) is 0 Å². The highest BCUT2D eigenvalue weighted by molar-refractivity contribution is 5.63. The van der Waals surface area contributed by atoms with Gasteiger partial charge in [0.05, 0.1) is 12.2 Å². The number of nitriles is 1. The Bertz CT molecular complexity index is 1050. The highest BCUT2D eigenvalue weighted by Gasteiger charge is 2.15. The van der Waals surface area contributed by atoms with E-state index in [4.69, 9.17) is 10.00 Å². The van der Waals surface area contributed by atoms with Crippen LogP contribution < -0.4 is 10.3 Å². The van der Waals surface area contributed by atoms with Crippen LogP contribution in [0.15, 0.2) is 59.4 Å². The maximum Gasteiger partial charge on any atom is 0.285 e. The smallest absolute Gasteiger partial charge is 0.285 e. The molecule has 0 saturated heterocycles. The molecule has 2 aromatic carbocycles. The molecule has 0 aliphatic carbocycles. The van der Waals surface area contributed by atoms with Gasteiger partial charge in [0.25, 0.3) is 5.56 Å². The van der Waals surface area contributed by atoms with E-state index < -0.39 is 11.7 Å². The van der Waals surface area contributed by atoms with E-state index in [1.54, 1.807) is 13.8 Å². The van der Waals surface area contributed by atoms with E-state index in [1.807, 2.05) is 60.7 Å². The van der Waals surface area contributed by atoms with Gasteiger partial charge in [0.2, 0.25) is 0 Å². The van der Waals surface area contributed by atoms with E-state index in [2.05, 4.69) is 5.10 Å². The molecule has 6 nitrogen and oxygen atoms in total. The highest BCUT2D eigenvalue weighted by atomic mass is 16.5. The third-order valence-electron chi connectivity index (χ3n) is 4.54. The molecule has 0 aliphatic rings. The first kappa shape index (κ1) is 19.3. The molecule has 142 valence electrons. The minimum Gasteiger partial charge on any atom is -0.491 e. The normalized spacial score (nSPS) is 11.6. The SMILES string of the molecule is Cc1nn(C[C@H](O)COc2ccc(-c3ccccc3)cc2)c(=O)c(C#N)c1C. The van der Waals surface area contributed by atoms with Gasteiger partial charge in [-0.15, -0.1) is 0 Å². The van der Waals surface area contributed by atoms with Gasteiger partial charge in [0, 0.05) is 0 Å². The Morgan fingerprint density at radius 1 is 1.11 bits per heavy atom. The van der Waals surface area contributed by atoms with E-state index in [0.717, 1.165) is 15.8 Å². The average Bonchev–Trinajstić information content (AvgIpc) is 2.72. The molecule has 0 saturated carbocycles. The van der Waals surface area contributed by atoms with Gasteiger partial charge in [-0.1, -0.05) is 42.5 Å². The lowest BCUT2D eigenvalue weighted by molar-refractivity contribution is 0.0878. The second-order valence-electron chi connectivity index (χ2n) is 6.54. The zero-order chi connectivity index (χ0) is 20.1. The zero-order valence-corrected chi connectivity index (χ0v) is 15.8. The third-order valence-corrected chi connectivity index (χ3v) is 4.54. The number of aryl methyl sites for hydroxylation is 1. The number of nitrogens with zero attached hydrogens (tertiary/aromatic N) is 3. The summed E-state index contributed by atoms with van der Waals surface area (Å²) in [4.78, 5) is 12.3. The Balaban J connectivity index is 1.64.